The Morgan fingerprint density at radius 2 is 1.76 bits per heavy atom. The topological polar surface area (TPSA) is 29.3 Å². The highest BCUT2D eigenvalue weighted by Crippen LogP contribution is 2.23. The van der Waals surface area contributed by atoms with E-state index >= 15 is 0 Å². The Morgan fingerprint density at radius 1 is 1.06 bits per heavy atom. The van der Waals surface area contributed by atoms with Crippen LogP contribution in [0.4, 0.5) is 0 Å². The highest BCUT2D eigenvalue weighted by Gasteiger charge is 2.21. The Bertz CT molecular complexity index is 304. The minimum absolute atomic E-state index is 0.783. The van der Waals surface area contributed by atoms with Gasteiger partial charge < -0.3 is 5.73 Å². The molecule has 1 saturated carbocycles. The molecule has 0 aliphatic heterocycles. The Hall–Kier alpha value is -0.860. The highest BCUT2D eigenvalue weighted by atomic mass is 15.2. The van der Waals surface area contributed by atoms with Crippen molar-refractivity contribution in [3.63, 3.8) is 0 Å². The Labute approximate surface area is 105 Å². The molecule has 2 N–H and O–H groups in total. The van der Waals surface area contributed by atoms with Gasteiger partial charge in [-0.05, 0) is 24.8 Å². The van der Waals surface area contributed by atoms with Gasteiger partial charge in [0, 0.05) is 25.7 Å². The fourth-order valence-electron chi connectivity index (χ4n) is 2.83. The largest absolute Gasteiger partial charge is 0.329 e. The van der Waals surface area contributed by atoms with Crippen LogP contribution in [0.3, 0.4) is 0 Å². The zero-order valence-electron chi connectivity index (χ0n) is 10.6. The van der Waals surface area contributed by atoms with Crippen LogP contribution in [-0.2, 0) is 6.42 Å². The molecule has 0 spiro atoms. The molecule has 0 aromatic heterocycles. The van der Waals surface area contributed by atoms with E-state index in [4.69, 9.17) is 5.73 Å². The molecule has 0 radical (unpaired) electrons. The second-order valence-corrected chi connectivity index (χ2v) is 5.00. The number of benzene rings is 1. The quantitative estimate of drug-likeness (QED) is 0.816. The Balaban J connectivity index is 1.84. The monoisotopic (exact) mass is 232 g/mol. The number of nitrogens with two attached hydrogens (primary N) is 1. The summed E-state index contributed by atoms with van der Waals surface area (Å²) in [4.78, 5) is 2.60. The molecule has 0 heterocycles. The zero-order chi connectivity index (χ0) is 11.9. The normalized spacial score (nSPS) is 16.8. The van der Waals surface area contributed by atoms with Crippen LogP contribution in [0.25, 0.3) is 0 Å². The average molecular weight is 232 g/mol. The fraction of sp³-hybridized carbons (Fsp3) is 0.600. The molecule has 1 aliphatic rings. The van der Waals surface area contributed by atoms with Crippen LogP contribution in [0.15, 0.2) is 30.3 Å². The van der Waals surface area contributed by atoms with Crippen LogP contribution >= 0.6 is 0 Å². The summed E-state index contributed by atoms with van der Waals surface area (Å²) in [5, 5.41) is 0. The van der Waals surface area contributed by atoms with E-state index in [1.807, 2.05) is 0 Å². The van der Waals surface area contributed by atoms with E-state index in [1.54, 1.807) is 0 Å². The minimum Gasteiger partial charge on any atom is -0.329 e. The lowest BCUT2D eigenvalue weighted by molar-refractivity contribution is 0.206. The number of rotatable bonds is 6. The van der Waals surface area contributed by atoms with Crippen molar-refractivity contribution in [1.29, 1.82) is 0 Å². The summed E-state index contributed by atoms with van der Waals surface area (Å²) in [5.74, 6) is 0. The summed E-state index contributed by atoms with van der Waals surface area (Å²) in [6.45, 7) is 2.99. The first kappa shape index (κ1) is 12.6. The van der Waals surface area contributed by atoms with E-state index in [9.17, 15) is 0 Å². The lowest BCUT2D eigenvalue weighted by Gasteiger charge is -2.28. The first-order valence-electron chi connectivity index (χ1n) is 6.88. The molecule has 17 heavy (non-hydrogen) atoms. The molecule has 2 rings (SSSR count). The lowest BCUT2D eigenvalue weighted by Crippen LogP contribution is -2.38. The number of nitrogens with zero attached hydrogens (tertiary/aromatic N) is 1. The van der Waals surface area contributed by atoms with Gasteiger partial charge in [-0.15, -0.1) is 0 Å². The summed E-state index contributed by atoms with van der Waals surface area (Å²) in [7, 11) is 0. The molecular formula is C15H24N2. The summed E-state index contributed by atoms with van der Waals surface area (Å²) in [6, 6.07) is 11.6. The summed E-state index contributed by atoms with van der Waals surface area (Å²) >= 11 is 0. The Morgan fingerprint density at radius 3 is 2.41 bits per heavy atom. The molecule has 0 saturated heterocycles. The van der Waals surface area contributed by atoms with Crippen molar-refractivity contribution in [3.8, 4) is 0 Å². The molecule has 0 atom stereocenters. The maximum absolute atomic E-state index is 5.72. The van der Waals surface area contributed by atoms with Gasteiger partial charge in [0.2, 0.25) is 0 Å². The smallest absolute Gasteiger partial charge is 0.0108 e. The summed E-state index contributed by atoms with van der Waals surface area (Å²) in [6.07, 6.45) is 6.69. The maximum Gasteiger partial charge on any atom is 0.0108 e. The Kier molecular flexibility index (Phi) is 5.02. The van der Waals surface area contributed by atoms with Gasteiger partial charge in [0.15, 0.2) is 0 Å². The third-order valence-corrected chi connectivity index (χ3v) is 3.79. The van der Waals surface area contributed by atoms with Crippen LogP contribution in [-0.4, -0.2) is 30.6 Å². The van der Waals surface area contributed by atoms with Gasteiger partial charge in [0.25, 0.3) is 0 Å². The maximum atomic E-state index is 5.72. The van der Waals surface area contributed by atoms with Crippen molar-refractivity contribution in [2.45, 2.75) is 38.1 Å². The van der Waals surface area contributed by atoms with E-state index in [2.05, 4.69) is 35.2 Å². The van der Waals surface area contributed by atoms with Crippen molar-refractivity contribution in [3.05, 3.63) is 35.9 Å². The van der Waals surface area contributed by atoms with Gasteiger partial charge in [-0.2, -0.15) is 0 Å². The van der Waals surface area contributed by atoms with E-state index in [0.29, 0.717) is 0 Å². The van der Waals surface area contributed by atoms with E-state index in [-0.39, 0.29) is 0 Å². The van der Waals surface area contributed by atoms with Gasteiger partial charge in [-0.1, -0.05) is 43.2 Å². The van der Waals surface area contributed by atoms with Crippen LogP contribution in [0.2, 0.25) is 0 Å². The molecule has 2 heteroatoms. The van der Waals surface area contributed by atoms with Crippen LogP contribution in [0.1, 0.15) is 31.2 Å². The SMILES string of the molecule is NCCN(CCc1ccccc1)C1CCCC1. The predicted octanol–water partition coefficient (Wildman–Crippen LogP) is 2.43. The van der Waals surface area contributed by atoms with Crippen molar-refractivity contribution in [2.24, 2.45) is 5.73 Å². The van der Waals surface area contributed by atoms with E-state index in [0.717, 1.165) is 32.1 Å². The first-order valence-corrected chi connectivity index (χ1v) is 6.88. The molecule has 0 bridgehead atoms. The lowest BCUT2D eigenvalue weighted by atomic mass is 10.1. The molecule has 2 nitrogen and oxygen atoms in total. The van der Waals surface area contributed by atoms with Gasteiger partial charge in [0.05, 0.1) is 0 Å². The van der Waals surface area contributed by atoms with Gasteiger partial charge >= 0.3 is 0 Å². The van der Waals surface area contributed by atoms with Crippen molar-refractivity contribution >= 4 is 0 Å². The third-order valence-electron chi connectivity index (χ3n) is 3.79. The number of hydrogen-bond acceptors (Lipinski definition) is 2. The third kappa shape index (κ3) is 3.83. The standard InChI is InChI=1S/C15H24N2/c16-11-13-17(15-8-4-5-9-15)12-10-14-6-2-1-3-7-14/h1-3,6-7,15H,4-5,8-13,16H2. The molecule has 94 valence electrons. The average Bonchev–Trinajstić information content (AvgIpc) is 2.89. The molecule has 0 amide bonds. The zero-order valence-corrected chi connectivity index (χ0v) is 10.6. The highest BCUT2D eigenvalue weighted by molar-refractivity contribution is 5.14. The molecule has 1 fully saturated rings. The van der Waals surface area contributed by atoms with E-state index in [1.165, 1.54) is 31.2 Å². The van der Waals surface area contributed by atoms with Crippen LogP contribution in [0, 0.1) is 0 Å². The van der Waals surface area contributed by atoms with E-state index < -0.39 is 0 Å². The predicted molar refractivity (Wildman–Crippen MR) is 73.0 cm³/mol. The molecule has 1 aromatic carbocycles. The van der Waals surface area contributed by atoms with Crippen LogP contribution in [0.5, 0.6) is 0 Å². The first-order chi connectivity index (χ1) is 8.40. The summed E-state index contributed by atoms with van der Waals surface area (Å²) < 4.78 is 0. The molecule has 1 aromatic rings. The number of hydrogen-bond donors (Lipinski definition) is 1. The second-order valence-electron chi connectivity index (χ2n) is 5.00. The minimum atomic E-state index is 0.783. The van der Waals surface area contributed by atoms with Crippen molar-refractivity contribution in [2.75, 3.05) is 19.6 Å². The van der Waals surface area contributed by atoms with Crippen molar-refractivity contribution in [1.82, 2.24) is 4.90 Å². The van der Waals surface area contributed by atoms with Gasteiger partial charge in [-0.3, -0.25) is 4.90 Å². The van der Waals surface area contributed by atoms with Crippen molar-refractivity contribution < 1.29 is 0 Å². The molecule has 0 unspecified atom stereocenters. The fourth-order valence-corrected chi connectivity index (χ4v) is 2.83. The second kappa shape index (κ2) is 6.77. The van der Waals surface area contributed by atoms with Gasteiger partial charge in [-0.25, -0.2) is 0 Å². The molecular weight excluding hydrogens is 208 g/mol. The molecule has 1 aliphatic carbocycles. The summed E-state index contributed by atoms with van der Waals surface area (Å²) in [5.41, 5.74) is 7.16. The van der Waals surface area contributed by atoms with Crippen LogP contribution < -0.4 is 5.73 Å². The van der Waals surface area contributed by atoms with Gasteiger partial charge in [0.1, 0.15) is 0 Å².